The van der Waals surface area contributed by atoms with Crippen LogP contribution in [0.3, 0.4) is 0 Å². The number of aromatic nitrogens is 2. The van der Waals surface area contributed by atoms with Crippen LogP contribution in [-0.2, 0) is 13.0 Å². The molecule has 0 unspecified atom stereocenters. The van der Waals surface area contributed by atoms with Crippen LogP contribution in [0.15, 0.2) is 97.1 Å². The van der Waals surface area contributed by atoms with Crippen LogP contribution >= 0.6 is 0 Å². The lowest BCUT2D eigenvalue weighted by atomic mass is 10.0. The van der Waals surface area contributed by atoms with Gasteiger partial charge in [-0.25, -0.2) is 9.55 Å². The van der Waals surface area contributed by atoms with Gasteiger partial charge in [0.1, 0.15) is 18.9 Å². The van der Waals surface area contributed by atoms with Gasteiger partial charge in [-0.15, -0.1) is 0 Å². The maximum Gasteiger partial charge on any atom is 0.259 e. The normalized spacial score (nSPS) is 11.2. The Bertz CT molecular complexity index is 1250. The van der Waals surface area contributed by atoms with Crippen molar-refractivity contribution < 1.29 is 9.30 Å². The second-order valence-corrected chi connectivity index (χ2v) is 7.22. The molecule has 0 saturated heterocycles. The fraction of sp³-hybridized carbons (Fsp3) is 0.115. The molecule has 0 aliphatic heterocycles. The van der Waals surface area contributed by atoms with Crippen molar-refractivity contribution in [2.24, 2.45) is 0 Å². The molecule has 142 valence electrons. The van der Waals surface area contributed by atoms with Gasteiger partial charge in [-0.2, -0.15) is 0 Å². The van der Waals surface area contributed by atoms with Crippen LogP contribution in [0.2, 0.25) is 0 Å². The first-order valence-electron chi connectivity index (χ1n) is 10.0. The number of ether oxygens (including phenoxy) is 1. The third-order valence-corrected chi connectivity index (χ3v) is 5.36. The number of H-pyrrole nitrogens is 1. The van der Waals surface area contributed by atoms with Crippen molar-refractivity contribution in [1.82, 2.24) is 4.98 Å². The fourth-order valence-electron chi connectivity index (χ4n) is 3.98. The lowest BCUT2D eigenvalue weighted by Crippen LogP contribution is -2.40. The summed E-state index contributed by atoms with van der Waals surface area (Å²) in [6, 6.07) is 33.6. The van der Waals surface area contributed by atoms with Crippen LogP contribution < -0.4 is 9.30 Å². The van der Waals surface area contributed by atoms with Gasteiger partial charge in [0.2, 0.25) is 0 Å². The van der Waals surface area contributed by atoms with Crippen LogP contribution in [0.1, 0.15) is 11.4 Å². The number of aromatic amines is 1. The van der Waals surface area contributed by atoms with E-state index in [1.807, 2.05) is 30.3 Å². The van der Waals surface area contributed by atoms with E-state index in [0.29, 0.717) is 6.61 Å². The van der Waals surface area contributed by atoms with Gasteiger partial charge in [0, 0.05) is 0 Å². The van der Waals surface area contributed by atoms with Gasteiger partial charge in [0.15, 0.2) is 11.0 Å². The molecule has 1 N–H and O–H groups in total. The molecule has 0 amide bonds. The molecule has 0 fully saturated rings. The predicted octanol–water partition coefficient (Wildman–Crippen LogP) is 5.28. The molecule has 0 aliphatic carbocycles. The summed E-state index contributed by atoms with van der Waals surface area (Å²) in [4.78, 5) is 3.63. The molecular weight excluding hydrogens is 356 g/mol. The molecule has 5 rings (SSSR count). The van der Waals surface area contributed by atoms with Crippen molar-refractivity contribution in [2.75, 3.05) is 6.61 Å². The van der Waals surface area contributed by atoms with E-state index in [-0.39, 0.29) is 0 Å². The van der Waals surface area contributed by atoms with Gasteiger partial charge in [0.05, 0.1) is 6.42 Å². The number of nitrogens with one attached hydrogen (secondary N) is 1. The molecule has 4 aromatic carbocycles. The fourth-order valence-corrected chi connectivity index (χ4v) is 3.98. The Kier molecular flexibility index (Phi) is 4.71. The van der Waals surface area contributed by atoms with E-state index in [0.717, 1.165) is 24.2 Å². The molecule has 1 heterocycles. The van der Waals surface area contributed by atoms with Gasteiger partial charge in [-0.05, 0) is 40.6 Å². The van der Waals surface area contributed by atoms with Gasteiger partial charge in [0.25, 0.3) is 5.82 Å². The summed E-state index contributed by atoms with van der Waals surface area (Å²) in [7, 11) is 0. The number of hydrogen-bond donors (Lipinski definition) is 1. The smallest absolute Gasteiger partial charge is 0.259 e. The average molecular weight is 379 g/mol. The number of nitrogens with zero attached hydrogens (tertiary/aromatic N) is 1. The zero-order valence-electron chi connectivity index (χ0n) is 16.2. The van der Waals surface area contributed by atoms with Crippen molar-refractivity contribution in [3.8, 4) is 5.75 Å². The van der Waals surface area contributed by atoms with Crippen molar-refractivity contribution >= 4 is 21.8 Å². The van der Waals surface area contributed by atoms with Gasteiger partial charge >= 0.3 is 0 Å². The first kappa shape index (κ1) is 17.5. The number of hydrogen-bond acceptors (Lipinski definition) is 1. The van der Waals surface area contributed by atoms with E-state index in [1.54, 1.807) is 0 Å². The van der Waals surface area contributed by atoms with E-state index in [9.17, 15) is 0 Å². The monoisotopic (exact) mass is 379 g/mol. The highest BCUT2D eigenvalue weighted by molar-refractivity contribution is 5.85. The maximum absolute atomic E-state index is 5.97. The van der Waals surface area contributed by atoms with E-state index in [1.165, 1.54) is 27.7 Å². The van der Waals surface area contributed by atoms with Crippen LogP contribution in [0.5, 0.6) is 5.75 Å². The van der Waals surface area contributed by atoms with Gasteiger partial charge in [-0.3, -0.25) is 0 Å². The number of benzene rings is 4. The van der Waals surface area contributed by atoms with E-state index in [4.69, 9.17) is 4.74 Å². The second-order valence-electron chi connectivity index (χ2n) is 7.22. The highest BCUT2D eigenvalue weighted by Crippen LogP contribution is 2.21. The molecular formula is C26H23N2O+. The zero-order valence-corrected chi connectivity index (χ0v) is 16.2. The molecule has 1 aromatic heterocycles. The van der Waals surface area contributed by atoms with Gasteiger partial charge in [-0.1, -0.05) is 72.8 Å². The minimum atomic E-state index is 0.624. The van der Waals surface area contributed by atoms with Crippen LogP contribution in [0, 0.1) is 0 Å². The molecule has 29 heavy (non-hydrogen) atoms. The number of imidazole rings is 1. The van der Waals surface area contributed by atoms with Crippen LogP contribution in [-0.4, -0.2) is 11.6 Å². The Balaban J connectivity index is 1.47. The molecule has 0 aliphatic rings. The predicted molar refractivity (Wildman–Crippen MR) is 117 cm³/mol. The topological polar surface area (TPSA) is 28.9 Å². The molecule has 3 heteroatoms. The Morgan fingerprint density at radius 3 is 2.41 bits per heavy atom. The van der Waals surface area contributed by atoms with Crippen LogP contribution in [0.25, 0.3) is 21.8 Å². The maximum atomic E-state index is 5.97. The van der Waals surface area contributed by atoms with E-state index < -0.39 is 0 Å². The number of fused-ring (bicyclic) bond motifs is 2. The summed E-state index contributed by atoms with van der Waals surface area (Å²) in [5, 5.41) is 2.58. The molecule has 3 nitrogen and oxygen atoms in total. The molecule has 0 spiro atoms. The number of rotatable bonds is 6. The largest absolute Gasteiger partial charge is 0.489 e. The minimum Gasteiger partial charge on any atom is -0.489 e. The SMILES string of the molecule is c1ccc(OCC[n+]2c(Cc3cccc4ccccc34)[nH]c3ccccc32)cc1. The van der Waals surface area contributed by atoms with Crippen molar-refractivity contribution in [3.63, 3.8) is 0 Å². The van der Waals surface area contributed by atoms with E-state index >= 15 is 0 Å². The quantitative estimate of drug-likeness (QED) is 0.400. The average Bonchev–Trinajstić information content (AvgIpc) is 3.12. The Morgan fingerprint density at radius 2 is 1.48 bits per heavy atom. The lowest BCUT2D eigenvalue weighted by molar-refractivity contribution is -0.679. The summed E-state index contributed by atoms with van der Waals surface area (Å²) in [6.07, 6.45) is 0.849. The molecule has 0 saturated carbocycles. The van der Waals surface area contributed by atoms with Gasteiger partial charge < -0.3 is 4.74 Å². The Hall–Kier alpha value is -3.59. The molecule has 5 aromatic rings. The summed E-state index contributed by atoms with van der Waals surface area (Å²) < 4.78 is 8.32. The minimum absolute atomic E-state index is 0.624. The van der Waals surface area contributed by atoms with Crippen LogP contribution in [0.4, 0.5) is 0 Å². The summed E-state index contributed by atoms with van der Waals surface area (Å²) >= 11 is 0. The Morgan fingerprint density at radius 1 is 0.724 bits per heavy atom. The summed E-state index contributed by atoms with van der Waals surface area (Å²) in [5.74, 6) is 2.10. The summed E-state index contributed by atoms with van der Waals surface area (Å²) in [6.45, 7) is 1.41. The molecule has 0 atom stereocenters. The van der Waals surface area contributed by atoms with Crippen molar-refractivity contribution in [2.45, 2.75) is 13.0 Å². The zero-order chi connectivity index (χ0) is 19.5. The first-order valence-corrected chi connectivity index (χ1v) is 10.0. The Labute approximate surface area is 170 Å². The lowest BCUT2D eigenvalue weighted by Gasteiger charge is -2.07. The first-order chi connectivity index (χ1) is 14.4. The number of para-hydroxylation sites is 3. The third kappa shape index (κ3) is 3.59. The molecule has 0 bridgehead atoms. The highest BCUT2D eigenvalue weighted by Gasteiger charge is 2.19. The van der Waals surface area contributed by atoms with Crippen molar-refractivity contribution in [1.29, 1.82) is 0 Å². The van der Waals surface area contributed by atoms with E-state index in [2.05, 4.69) is 76.3 Å². The third-order valence-electron chi connectivity index (χ3n) is 5.36. The molecule has 0 radical (unpaired) electrons. The standard InChI is InChI=1S/C26H22N2O/c1-2-12-22(13-3-1)29-18-17-28-25-16-7-6-15-24(25)27-26(28)19-21-11-8-10-20-9-4-5-14-23(20)21/h1-16H,17-19H2/p+1. The van der Waals surface area contributed by atoms with Crippen molar-refractivity contribution in [3.05, 3.63) is 108 Å². The second kappa shape index (κ2) is 7.80. The summed E-state index contributed by atoms with van der Waals surface area (Å²) in [5.41, 5.74) is 3.69. The highest BCUT2D eigenvalue weighted by atomic mass is 16.5.